The van der Waals surface area contributed by atoms with Crippen molar-refractivity contribution in [3.63, 3.8) is 0 Å². The first-order chi connectivity index (χ1) is 19.5. The van der Waals surface area contributed by atoms with E-state index >= 15 is 0 Å². The molecule has 13 heteroatoms. The normalized spacial score (nSPS) is 14.0. The SMILES string of the molecule is O=C(NCc1ccnc(F)c1)n1c2c(c3cc(OC(F)(F)F)ccc31)CN(C/C=C/c1cc(F)c(F)c(F)c1)CC2. The highest BCUT2D eigenvalue weighted by atomic mass is 19.4. The molecule has 5 rings (SSSR count). The van der Waals surface area contributed by atoms with E-state index in [4.69, 9.17) is 0 Å². The Morgan fingerprint density at radius 3 is 2.51 bits per heavy atom. The number of alkyl halides is 3. The quantitative estimate of drug-likeness (QED) is 0.165. The van der Waals surface area contributed by atoms with Gasteiger partial charge in [0.1, 0.15) is 5.75 Å². The number of hydrogen-bond acceptors (Lipinski definition) is 4. The maximum Gasteiger partial charge on any atom is 0.573 e. The van der Waals surface area contributed by atoms with Gasteiger partial charge in [0.2, 0.25) is 5.95 Å². The second-order valence-electron chi connectivity index (χ2n) is 9.32. The van der Waals surface area contributed by atoms with Crippen LogP contribution in [0.1, 0.15) is 22.4 Å². The molecule has 6 nitrogen and oxygen atoms in total. The van der Waals surface area contributed by atoms with E-state index < -0.39 is 41.5 Å². The van der Waals surface area contributed by atoms with E-state index in [0.29, 0.717) is 47.2 Å². The molecular weight excluding hydrogens is 557 g/mol. The molecule has 4 aromatic rings. The maximum absolute atomic E-state index is 13.5. The van der Waals surface area contributed by atoms with Crippen LogP contribution in [0.2, 0.25) is 0 Å². The van der Waals surface area contributed by atoms with Gasteiger partial charge >= 0.3 is 12.4 Å². The van der Waals surface area contributed by atoms with Gasteiger partial charge in [-0.1, -0.05) is 12.2 Å². The Morgan fingerprint density at radius 2 is 1.80 bits per heavy atom. The lowest BCUT2D eigenvalue weighted by Crippen LogP contribution is -2.34. The molecule has 2 aromatic carbocycles. The van der Waals surface area contributed by atoms with Crippen molar-refractivity contribution in [3.8, 4) is 5.75 Å². The molecular formula is C28H21F7N4O2. The lowest BCUT2D eigenvalue weighted by molar-refractivity contribution is -0.274. The maximum atomic E-state index is 13.5. The number of carbonyl (C=O) groups excluding carboxylic acids is 1. The third-order valence-electron chi connectivity index (χ3n) is 6.55. The van der Waals surface area contributed by atoms with Crippen molar-refractivity contribution >= 4 is 23.0 Å². The molecule has 0 atom stereocenters. The fourth-order valence-corrected chi connectivity index (χ4v) is 4.80. The van der Waals surface area contributed by atoms with Crippen molar-refractivity contribution in [2.45, 2.75) is 25.9 Å². The predicted octanol–water partition coefficient (Wildman–Crippen LogP) is 6.32. The largest absolute Gasteiger partial charge is 0.573 e. The highest BCUT2D eigenvalue weighted by Crippen LogP contribution is 2.35. The molecule has 1 aliphatic rings. The number of aromatic nitrogens is 2. The number of amides is 1. The summed E-state index contributed by atoms with van der Waals surface area (Å²) in [6, 6.07) is 7.57. The number of hydrogen-bond donors (Lipinski definition) is 1. The highest BCUT2D eigenvalue weighted by molar-refractivity contribution is 5.96. The Labute approximate surface area is 228 Å². The fourth-order valence-electron chi connectivity index (χ4n) is 4.80. The average Bonchev–Trinajstić information content (AvgIpc) is 3.22. The standard InChI is InChI=1S/C28H21F7N4O2/c29-21-10-16(11-22(30)26(21)32)2-1-8-38-9-6-24-20(15-38)19-13-18(41-28(33,34)35)3-4-23(19)39(24)27(40)37-14-17-5-7-36-25(31)12-17/h1-5,7,10-13H,6,8-9,14-15H2,(H,37,40)/b2-1+. The number of nitrogens with zero attached hydrogens (tertiary/aromatic N) is 3. The van der Waals surface area contributed by atoms with E-state index in [1.54, 1.807) is 6.08 Å². The second-order valence-corrected chi connectivity index (χ2v) is 9.32. The number of carbonyl (C=O) groups is 1. The van der Waals surface area contributed by atoms with Crippen LogP contribution in [0.3, 0.4) is 0 Å². The summed E-state index contributed by atoms with van der Waals surface area (Å²) < 4.78 is 97.9. The first-order valence-corrected chi connectivity index (χ1v) is 12.3. The molecule has 0 bridgehead atoms. The van der Waals surface area contributed by atoms with Gasteiger partial charge in [0.05, 0.1) is 5.52 Å². The van der Waals surface area contributed by atoms with E-state index in [0.717, 1.165) is 18.2 Å². The smallest absolute Gasteiger partial charge is 0.406 e. The predicted molar refractivity (Wildman–Crippen MR) is 135 cm³/mol. The molecule has 0 radical (unpaired) electrons. The monoisotopic (exact) mass is 578 g/mol. The highest BCUT2D eigenvalue weighted by Gasteiger charge is 2.32. The van der Waals surface area contributed by atoms with Crippen molar-refractivity contribution in [2.75, 3.05) is 13.1 Å². The van der Waals surface area contributed by atoms with Gasteiger partial charge in [-0.2, -0.15) is 4.39 Å². The van der Waals surface area contributed by atoms with Crippen LogP contribution < -0.4 is 10.1 Å². The lowest BCUT2D eigenvalue weighted by Gasteiger charge is -2.27. The molecule has 0 saturated carbocycles. The van der Waals surface area contributed by atoms with Gasteiger partial charge in [-0.25, -0.2) is 22.9 Å². The minimum Gasteiger partial charge on any atom is -0.406 e. The van der Waals surface area contributed by atoms with Crippen LogP contribution in [0.4, 0.5) is 35.5 Å². The van der Waals surface area contributed by atoms with Gasteiger partial charge in [0.15, 0.2) is 17.5 Å². The van der Waals surface area contributed by atoms with Crippen LogP contribution in [-0.2, 0) is 19.5 Å². The number of halogens is 7. The third-order valence-corrected chi connectivity index (χ3v) is 6.55. The summed E-state index contributed by atoms with van der Waals surface area (Å²) in [6.45, 7) is 0.983. The minimum absolute atomic E-state index is 0.0104. The zero-order valence-electron chi connectivity index (χ0n) is 21.1. The molecule has 0 unspecified atom stereocenters. The summed E-state index contributed by atoms with van der Waals surface area (Å²) in [5.74, 6) is -5.35. The van der Waals surface area contributed by atoms with Crippen LogP contribution >= 0.6 is 0 Å². The van der Waals surface area contributed by atoms with Gasteiger partial charge in [-0.05, 0) is 59.2 Å². The molecule has 1 N–H and O–H groups in total. The topological polar surface area (TPSA) is 59.4 Å². The first kappa shape index (κ1) is 28.1. The molecule has 2 aromatic heterocycles. The number of nitrogens with one attached hydrogen (secondary N) is 1. The summed E-state index contributed by atoms with van der Waals surface area (Å²) in [5, 5.41) is 3.08. The van der Waals surface area contributed by atoms with Crippen molar-refractivity contribution < 1.29 is 40.3 Å². The summed E-state index contributed by atoms with van der Waals surface area (Å²) in [4.78, 5) is 18.7. The molecule has 0 saturated heterocycles. The number of benzene rings is 2. The van der Waals surface area contributed by atoms with Crippen LogP contribution in [0.5, 0.6) is 5.75 Å². The summed E-state index contributed by atoms with van der Waals surface area (Å²) >= 11 is 0. The van der Waals surface area contributed by atoms with Crippen molar-refractivity contribution in [3.05, 3.63) is 101 Å². The molecule has 3 heterocycles. The van der Waals surface area contributed by atoms with Crippen molar-refractivity contribution in [1.29, 1.82) is 0 Å². The van der Waals surface area contributed by atoms with Crippen LogP contribution in [0, 0.1) is 23.4 Å². The Bertz CT molecular complexity index is 1630. The summed E-state index contributed by atoms with van der Waals surface area (Å²) in [7, 11) is 0. The molecule has 1 aliphatic heterocycles. The summed E-state index contributed by atoms with van der Waals surface area (Å²) in [5.41, 5.74) is 2.14. The van der Waals surface area contributed by atoms with Crippen molar-refractivity contribution in [1.82, 2.24) is 19.8 Å². The average molecular weight is 578 g/mol. The minimum atomic E-state index is -4.91. The Balaban J connectivity index is 1.42. The zero-order chi connectivity index (χ0) is 29.3. The lowest BCUT2D eigenvalue weighted by atomic mass is 10.0. The number of pyridine rings is 1. The third kappa shape index (κ3) is 6.35. The van der Waals surface area contributed by atoms with E-state index in [1.807, 2.05) is 4.90 Å². The van der Waals surface area contributed by atoms with E-state index in [2.05, 4.69) is 15.0 Å². The summed E-state index contributed by atoms with van der Waals surface area (Å²) in [6.07, 6.45) is -0.254. The van der Waals surface area contributed by atoms with Gasteiger partial charge < -0.3 is 10.1 Å². The zero-order valence-corrected chi connectivity index (χ0v) is 21.1. The van der Waals surface area contributed by atoms with Crippen molar-refractivity contribution in [2.24, 2.45) is 0 Å². The van der Waals surface area contributed by atoms with Crippen LogP contribution in [-0.4, -0.2) is 39.9 Å². The molecule has 0 aliphatic carbocycles. The van der Waals surface area contributed by atoms with E-state index in [1.165, 1.54) is 41.1 Å². The van der Waals surface area contributed by atoms with Gasteiger partial charge in [0.25, 0.3) is 0 Å². The Hall–Kier alpha value is -4.39. The molecule has 0 fully saturated rings. The van der Waals surface area contributed by atoms with E-state index in [9.17, 15) is 35.5 Å². The Kier molecular flexibility index (Phi) is 7.72. The number of ether oxygens (including phenoxy) is 1. The number of fused-ring (bicyclic) bond motifs is 3. The van der Waals surface area contributed by atoms with Gasteiger partial charge in [0, 0.05) is 49.9 Å². The molecule has 41 heavy (non-hydrogen) atoms. The first-order valence-electron chi connectivity index (χ1n) is 12.3. The number of rotatable bonds is 6. The Morgan fingerprint density at radius 1 is 1.05 bits per heavy atom. The van der Waals surface area contributed by atoms with Crippen LogP contribution in [0.25, 0.3) is 17.0 Å². The molecule has 1 amide bonds. The van der Waals surface area contributed by atoms with Gasteiger partial charge in [-0.15, -0.1) is 13.2 Å². The van der Waals surface area contributed by atoms with Crippen LogP contribution in [0.15, 0.2) is 54.7 Å². The molecule has 214 valence electrons. The molecule has 0 spiro atoms. The van der Waals surface area contributed by atoms with E-state index in [-0.39, 0.29) is 18.7 Å². The van der Waals surface area contributed by atoms with Gasteiger partial charge in [-0.3, -0.25) is 9.47 Å². The second kappa shape index (κ2) is 11.2. The fraction of sp³-hybridized carbons (Fsp3) is 0.214.